The highest BCUT2D eigenvalue weighted by Crippen LogP contribution is 2.23. The lowest BCUT2D eigenvalue weighted by atomic mass is 10.2. The fourth-order valence-corrected chi connectivity index (χ4v) is 1.84. The molecule has 1 amide bonds. The number of aromatic nitrogens is 2. The summed E-state index contributed by atoms with van der Waals surface area (Å²) in [5, 5.41) is 7.48. The number of nitrogens with zero attached hydrogens (tertiary/aromatic N) is 3. The van der Waals surface area contributed by atoms with Gasteiger partial charge in [0.05, 0.1) is 11.4 Å². The summed E-state index contributed by atoms with van der Waals surface area (Å²) in [6.45, 7) is 3.90. The van der Waals surface area contributed by atoms with Crippen molar-refractivity contribution < 1.29 is 4.79 Å². The Balaban J connectivity index is 2.87. The zero-order chi connectivity index (χ0) is 13.9. The molecule has 0 bridgehead atoms. The van der Waals surface area contributed by atoms with Crippen LogP contribution in [0.3, 0.4) is 0 Å². The molecule has 6 heteroatoms. The first-order valence-electron chi connectivity index (χ1n) is 6.17. The van der Waals surface area contributed by atoms with Crippen LogP contribution in [-0.4, -0.2) is 40.7 Å². The van der Waals surface area contributed by atoms with Gasteiger partial charge in [0.1, 0.15) is 11.9 Å². The van der Waals surface area contributed by atoms with E-state index >= 15 is 0 Å². The number of anilines is 2. The second-order valence-electron chi connectivity index (χ2n) is 4.68. The summed E-state index contributed by atoms with van der Waals surface area (Å²) in [5.41, 5.74) is 7.56. The van der Waals surface area contributed by atoms with E-state index in [0.29, 0.717) is 11.5 Å². The first-order valence-corrected chi connectivity index (χ1v) is 6.17. The van der Waals surface area contributed by atoms with Crippen molar-refractivity contribution in [2.24, 2.45) is 7.05 Å². The molecule has 0 aliphatic heterocycles. The molecule has 1 rings (SSSR count). The fourth-order valence-electron chi connectivity index (χ4n) is 1.84. The molecule has 102 valence electrons. The van der Waals surface area contributed by atoms with Crippen LogP contribution in [0.5, 0.6) is 0 Å². The number of aryl methyl sites for hydroxylation is 2. The van der Waals surface area contributed by atoms with Crippen LogP contribution in [0.15, 0.2) is 0 Å². The minimum atomic E-state index is -0.327. The maximum absolute atomic E-state index is 11.8. The summed E-state index contributed by atoms with van der Waals surface area (Å²) in [5.74, 6) is 0.716. The molecule has 3 N–H and O–H groups in total. The number of rotatable bonds is 5. The summed E-state index contributed by atoms with van der Waals surface area (Å²) in [6.07, 6.45) is 1.84. The average Bonchev–Trinajstić information content (AvgIpc) is 2.56. The van der Waals surface area contributed by atoms with E-state index < -0.39 is 0 Å². The predicted octanol–water partition coefficient (Wildman–Crippen LogP) is 0.843. The standard InChI is InChI=1S/C12H23N5O/c1-6-7-9-10(13)11(17(5)15-9)14-8(2)12(18)16(3)4/h8,14H,6-7,13H2,1-5H3. The smallest absolute Gasteiger partial charge is 0.244 e. The quantitative estimate of drug-likeness (QED) is 0.815. The number of nitrogens with one attached hydrogen (secondary N) is 1. The van der Waals surface area contributed by atoms with Crippen molar-refractivity contribution in [2.45, 2.75) is 32.7 Å². The van der Waals surface area contributed by atoms with Gasteiger partial charge < -0.3 is 16.0 Å². The topological polar surface area (TPSA) is 76.2 Å². The summed E-state index contributed by atoms with van der Waals surface area (Å²) in [4.78, 5) is 13.3. The third kappa shape index (κ3) is 2.94. The van der Waals surface area contributed by atoms with Crippen LogP contribution in [-0.2, 0) is 18.3 Å². The largest absolute Gasteiger partial charge is 0.394 e. The highest BCUT2D eigenvalue weighted by molar-refractivity contribution is 5.84. The molecule has 18 heavy (non-hydrogen) atoms. The molecule has 0 saturated heterocycles. The molecular weight excluding hydrogens is 230 g/mol. The molecular formula is C12H23N5O. The highest BCUT2D eigenvalue weighted by Gasteiger charge is 2.19. The number of likely N-dealkylation sites (N-methyl/N-ethyl adjacent to an activating group) is 1. The summed E-state index contributed by atoms with van der Waals surface area (Å²) in [6, 6.07) is -0.327. The molecule has 0 radical (unpaired) electrons. The first-order chi connectivity index (χ1) is 8.38. The lowest BCUT2D eigenvalue weighted by molar-refractivity contribution is -0.129. The maximum Gasteiger partial charge on any atom is 0.244 e. The van der Waals surface area contributed by atoms with Crippen LogP contribution in [0.25, 0.3) is 0 Å². The predicted molar refractivity (Wildman–Crippen MR) is 73.4 cm³/mol. The van der Waals surface area contributed by atoms with Crippen molar-refractivity contribution in [2.75, 3.05) is 25.1 Å². The van der Waals surface area contributed by atoms with E-state index in [1.165, 1.54) is 0 Å². The third-order valence-electron chi connectivity index (χ3n) is 2.81. The third-order valence-corrected chi connectivity index (χ3v) is 2.81. The fraction of sp³-hybridized carbons (Fsp3) is 0.667. The second kappa shape index (κ2) is 5.75. The summed E-state index contributed by atoms with van der Waals surface area (Å²) in [7, 11) is 5.29. The zero-order valence-corrected chi connectivity index (χ0v) is 11.8. The Morgan fingerprint density at radius 2 is 2.17 bits per heavy atom. The Morgan fingerprint density at radius 3 is 2.67 bits per heavy atom. The van der Waals surface area contributed by atoms with E-state index in [9.17, 15) is 4.79 Å². The van der Waals surface area contributed by atoms with Gasteiger partial charge >= 0.3 is 0 Å². The van der Waals surface area contributed by atoms with E-state index in [2.05, 4.69) is 17.3 Å². The average molecular weight is 253 g/mol. The second-order valence-corrected chi connectivity index (χ2v) is 4.68. The van der Waals surface area contributed by atoms with Crippen LogP contribution in [0.1, 0.15) is 26.0 Å². The van der Waals surface area contributed by atoms with Gasteiger partial charge in [0, 0.05) is 21.1 Å². The van der Waals surface area contributed by atoms with E-state index in [0.717, 1.165) is 18.5 Å². The van der Waals surface area contributed by atoms with Crippen LogP contribution in [0.2, 0.25) is 0 Å². The lowest BCUT2D eigenvalue weighted by Crippen LogP contribution is -2.37. The SMILES string of the molecule is CCCc1nn(C)c(NC(C)C(=O)N(C)C)c1N. The summed E-state index contributed by atoms with van der Waals surface area (Å²) >= 11 is 0. The molecule has 1 aromatic heterocycles. The van der Waals surface area contributed by atoms with Crippen LogP contribution in [0, 0.1) is 0 Å². The highest BCUT2D eigenvalue weighted by atomic mass is 16.2. The first kappa shape index (κ1) is 14.3. The number of carbonyl (C=O) groups is 1. The molecule has 1 unspecified atom stereocenters. The minimum Gasteiger partial charge on any atom is -0.394 e. The van der Waals surface area contributed by atoms with Gasteiger partial charge in [-0.15, -0.1) is 0 Å². The number of carbonyl (C=O) groups excluding carboxylic acids is 1. The van der Waals surface area contributed by atoms with Gasteiger partial charge in [0.25, 0.3) is 0 Å². The monoisotopic (exact) mass is 253 g/mol. The van der Waals surface area contributed by atoms with Crippen molar-refractivity contribution in [3.05, 3.63) is 5.69 Å². The van der Waals surface area contributed by atoms with Gasteiger partial charge in [-0.1, -0.05) is 13.3 Å². The van der Waals surface area contributed by atoms with Gasteiger partial charge in [0.2, 0.25) is 5.91 Å². The van der Waals surface area contributed by atoms with Crippen LogP contribution >= 0.6 is 0 Å². The Kier molecular flexibility index (Phi) is 4.58. The molecule has 1 aromatic rings. The van der Waals surface area contributed by atoms with E-state index in [1.807, 2.05) is 14.0 Å². The summed E-state index contributed by atoms with van der Waals surface area (Å²) < 4.78 is 1.69. The van der Waals surface area contributed by atoms with Gasteiger partial charge in [0.15, 0.2) is 0 Å². The van der Waals surface area contributed by atoms with Gasteiger partial charge in [-0.2, -0.15) is 5.10 Å². The molecule has 0 aliphatic rings. The van der Waals surface area contributed by atoms with E-state index in [1.54, 1.807) is 23.7 Å². The van der Waals surface area contributed by atoms with Crippen molar-refractivity contribution in [1.82, 2.24) is 14.7 Å². The molecule has 0 aromatic carbocycles. The minimum absolute atomic E-state index is 0.00708. The van der Waals surface area contributed by atoms with Crippen molar-refractivity contribution in [3.63, 3.8) is 0 Å². The molecule has 0 aliphatic carbocycles. The van der Waals surface area contributed by atoms with E-state index in [4.69, 9.17) is 5.73 Å². The number of amides is 1. The maximum atomic E-state index is 11.8. The number of nitrogen functional groups attached to an aromatic ring is 1. The van der Waals surface area contributed by atoms with Gasteiger partial charge in [-0.05, 0) is 13.3 Å². The van der Waals surface area contributed by atoms with Crippen molar-refractivity contribution >= 4 is 17.4 Å². The Labute approximate surface area is 108 Å². The van der Waals surface area contributed by atoms with Crippen molar-refractivity contribution in [1.29, 1.82) is 0 Å². The number of hydrogen-bond donors (Lipinski definition) is 2. The number of hydrogen-bond acceptors (Lipinski definition) is 4. The Bertz CT molecular complexity index is 424. The Morgan fingerprint density at radius 1 is 1.56 bits per heavy atom. The van der Waals surface area contributed by atoms with Crippen LogP contribution < -0.4 is 11.1 Å². The molecule has 6 nitrogen and oxygen atoms in total. The molecule has 1 atom stereocenters. The van der Waals surface area contributed by atoms with Crippen LogP contribution in [0.4, 0.5) is 11.5 Å². The van der Waals surface area contributed by atoms with Crippen molar-refractivity contribution in [3.8, 4) is 0 Å². The zero-order valence-electron chi connectivity index (χ0n) is 11.8. The normalized spacial score (nSPS) is 12.3. The number of nitrogens with two attached hydrogens (primary N) is 1. The molecule has 1 heterocycles. The molecule has 0 fully saturated rings. The molecule has 0 spiro atoms. The molecule has 0 saturated carbocycles. The Hall–Kier alpha value is -1.72. The lowest BCUT2D eigenvalue weighted by Gasteiger charge is -2.19. The van der Waals surface area contributed by atoms with Gasteiger partial charge in [-0.25, -0.2) is 0 Å². The van der Waals surface area contributed by atoms with E-state index in [-0.39, 0.29) is 11.9 Å². The van der Waals surface area contributed by atoms with Gasteiger partial charge in [-0.3, -0.25) is 9.48 Å².